The SMILES string of the molecule is CC1(C)ON=C(C2[C@H]3CNC[C@@H]23)N1c1ccccc1. The van der Waals surface area contributed by atoms with Gasteiger partial charge in [-0.3, -0.25) is 4.90 Å². The molecule has 0 spiro atoms. The molecule has 3 atom stereocenters. The average molecular weight is 257 g/mol. The van der Waals surface area contributed by atoms with E-state index >= 15 is 0 Å². The molecule has 1 N–H and O–H groups in total. The lowest BCUT2D eigenvalue weighted by Gasteiger charge is -2.31. The third-order valence-corrected chi connectivity index (χ3v) is 4.53. The predicted octanol–water partition coefficient (Wildman–Crippen LogP) is 2.04. The summed E-state index contributed by atoms with van der Waals surface area (Å²) in [5.74, 6) is 3.20. The molecule has 1 saturated carbocycles. The highest BCUT2D eigenvalue weighted by molar-refractivity contribution is 6.03. The molecule has 100 valence electrons. The zero-order chi connectivity index (χ0) is 13.0. The van der Waals surface area contributed by atoms with Crippen molar-refractivity contribution >= 4 is 11.5 Å². The molecule has 2 heterocycles. The lowest BCUT2D eigenvalue weighted by atomic mass is 10.1. The Bertz CT molecular complexity index is 515. The molecule has 0 radical (unpaired) electrons. The zero-order valence-electron chi connectivity index (χ0n) is 11.3. The van der Waals surface area contributed by atoms with E-state index in [-0.39, 0.29) is 5.72 Å². The van der Waals surface area contributed by atoms with Crippen molar-refractivity contribution < 1.29 is 4.84 Å². The Morgan fingerprint density at radius 3 is 2.58 bits per heavy atom. The summed E-state index contributed by atoms with van der Waals surface area (Å²) in [5.41, 5.74) is 0.780. The van der Waals surface area contributed by atoms with Gasteiger partial charge in [0.1, 0.15) is 0 Å². The maximum absolute atomic E-state index is 5.68. The number of nitrogens with zero attached hydrogens (tertiary/aromatic N) is 2. The fourth-order valence-electron chi connectivity index (χ4n) is 3.55. The monoisotopic (exact) mass is 257 g/mol. The smallest absolute Gasteiger partial charge is 0.209 e. The molecular formula is C15H19N3O. The summed E-state index contributed by atoms with van der Waals surface area (Å²) >= 11 is 0. The number of para-hydroxylation sites is 1. The van der Waals surface area contributed by atoms with Crippen LogP contribution < -0.4 is 10.2 Å². The Balaban J connectivity index is 1.67. The molecule has 3 aliphatic rings. The van der Waals surface area contributed by atoms with Crippen LogP contribution >= 0.6 is 0 Å². The number of hydrogen-bond acceptors (Lipinski definition) is 4. The molecule has 2 fully saturated rings. The van der Waals surface area contributed by atoms with Crippen molar-refractivity contribution in [2.45, 2.75) is 19.6 Å². The van der Waals surface area contributed by atoms with E-state index in [1.54, 1.807) is 0 Å². The van der Waals surface area contributed by atoms with E-state index in [0.29, 0.717) is 5.92 Å². The number of amidine groups is 1. The Hall–Kier alpha value is -1.55. The van der Waals surface area contributed by atoms with E-state index in [2.05, 4.69) is 53.5 Å². The highest BCUT2D eigenvalue weighted by atomic mass is 16.7. The number of anilines is 1. The summed E-state index contributed by atoms with van der Waals surface area (Å²) in [4.78, 5) is 7.94. The molecule has 1 aliphatic carbocycles. The molecule has 4 heteroatoms. The third kappa shape index (κ3) is 1.59. The Labute approximate surface area is 113 Å². The van der Waals surface area contributed by atoms with Crippen molar-refractivity contribution in [1.82, 2.24) is 5.32 Å². The van der Waals surface area contributed by atoms with Gasteiger partial charge in [0.05, 0.1) is 0 Å². The van der Waals surface area contributed by atoms with Crippen LogP contribution in [0.5, 0.6) is 0 Å². The van der Waals surface area contributed by atoms with Crippen molar-refractivity contribution in [2.24, 2.45) is 22.9 Å². The molecular weight excluding hydrogens is 238 g/mol. The van der Waals surface area contributed by atoms with Gasteiger partial charge in [-0.1, -0.05) is 23.4 Å². The summed E-state index contributed by atoms with van der Waals surface area (Å²) in [6.45, 7) is 6.40. The van der Waals surface area contributed by atoms with Gasteiger partial charge in [0.2, 0.25) is 5.72 Å². The molecule has 1 saturated heterocycles. The zero-order valence-corrected chi connectivity index (χ0v) is 11.3. The highest BCUT2D eigenvalue weighted by Crippen LogP contribution is 2.52. The second kappa shape index (κ2) is 3.73. The molecule has 1 aromatic carbocycles. The summed E-state index contributed by atoms with van der Waals surface area (Å²) in [5, 5.41) is 7.84. The highest BCUT2D eigenvalue weighted by Gasteiger charge is 2.59. The van der Waals surface area contributed by atoms with Gasteiger partial charge in [-0.15, -0.1) is 0 Å². The van der Waals surface area contributed by atoms with Crippen molar-refractivity contribution in [3.05, 3.63) is 30.3 Å². The molecule has 2 aliphatic heterocycles. The van der Waals surface area contributed by atoms with Gasteiger partial charge in [0.25, 0.3) is 0 Å². The first-order valence-electron chi connectivity index (χ1n) is 7.00. The van der Waals surface area contributed by atoms with Crippen LogP contribution in [0.4, 0.5) is 5.69 Å². The van der Waals surface area contributed by atoms with Crippen LogP contribution in [0.3, 0.4) is 0 Å². The van der Waals surface area contributed by atoms with Crippen molar-refractivity contribution in [2.75, 3.05) is 18.0 Å². The number of fused-ring (bicyclic) bond motifs is 1. The minimum atomic E-state index is -0.388. The van der Waals surface area contributed by atoms with Gasteiger partial charge in [0, 0.05) is 11.6 Å². The quantitative estimate of drug-likeness (QED) is 0.881. The van der Waals surface area contributed by atoms with Gasteiger partial charge < -0.3 is 10.2 Å². The predicted molar refractivity (Wildman–Crippen MR) is 74.9 cm³/mol. The number of benzene rings is 1. The Kier molecular flexibility index (Phi) is 2.22. The lowest BCUT2D eigenvalue weighted by Crippen LogP contribution is -2.45. The Morgan fingerprint density at radius 1 is 1.21 bits per heavy atom. The first kappa shape index (κ1) is 11.3. The molecule has 4 nitrogen and oxygen atoms in total. The van der Waals surface area contributed by atoms with E-state index in [9.17, 15) is 0 Å². The topological polar surface area (TPSA) is 36.9 Å². The first-order valence-corrected chi connectivity index (χ1v) is 7.00. The summed E-state index contributed by atoms with van der Waals surface area (Å²) in [6, 6.07) is 10.4. The van der Waals surface area contributed by atoms with Crippen LogP contribution in [0.15, 0.2) is 35.5 Å². The van der Waals surface area contributed by atoms with Crippen LogP contribution in [-0.4, -0.2) is 24.7 Å². The minimum absolute atomic E-state index is 0.388. The van der Waals surface area contributed by atoms with Crippen LogP contribution in [0, 0.1) is 17.8 Å². The van der Waals surface area contributed by atoms with Crippen molar-refractivity contribution in [3.8, 4) is 0 Å². The number of oxime groups is 1. The standard InChI is InChI=1S/C15H19N3O/c1-15(2)18(10-6-4-3-5-7-10)14(17-19-15)13-11-8-16-9-12(11)13/h3-7,11-13,16H,8-9H2,1-2H3/t11-,12+,13?. The van der Waals surface area contributed by atoms with Gasteiger partial charge >= 0.3 is 0 Å². The Morgan fingerprint density at radius 2 is 1.89 bits per heavy atom. The lowest BCUT2D eigenvalue weighted by molar-refractivity contribution is 0.0138. The normalized spacial score (nSPS) is 34.7. The molecule has 0 bridgehead atoms. The van der Waals surface area contributed by atoms with E-state index in [1.165, 1.54) is 5.69 Å². The van der Waals surface area contributed by atoms with Crippen molar-refractivity contribution in [3.63, 3.8) is 0 Å². The fourth-order valence-corrected chi connectivity index (χ4v) is 3.55. The van der Waals surface area contributed by atoms with E-state index in [1.807, 2.05) is 6.07 Å². The fraction of sp³-hybridized carbons (Fsp3) is 0.533. The number of rotatable bonds is 2. The van der Waals surface area contributed by atoms with Gasteiger partial charge in [-0.2, -0.15) is 0 Å². The molecule has 19 heavy (non-hydrogen) atoms. The molecule has 0 aromatic heterocycles. The second-order valence-electron chi connectivity index (χ2n) is 6.17. The molecule has 1 aromatic rings. The number of nitrogens with one attached hydrogen (secondary N) is 1. The summed E-state index contributed by atoms with van der Waals surface area (Å²) < 4.78 is 0. The van der Waals surface area contributed by atoms with Gasteiger partial charge in [0.15, 0.2) is 5.84 Å². The number of hydrogen-bond donors (Lipinski definition) is 1. The minimum Gasteiger partial charge on any atom is -0.366 e. The summed E-state index contributed by atoms with van der Waals surface area (Å²) in [7, 11) is 0. The number of piperidine rings is 1. The van der Waals surface area contributed by atoms with Crippen molar-refractivity contribution in [1.29, 1.82) is 0 Å². The van der Waals surface area contributed by atoms with E-state index in [0.717, 1.165) is 30.8 Å². The average Bonchev–Trinajstić information content (AvgIpc) is 2.76. The largest absolute Gasteiger partial charge is 0.366 e. The molecule has 4 rings (SSSR count). The van der Waals surface area contributed by atoms with Crippen LogP contribution in [-0.2, 0) is 4.84 Å². The maximum Gasteiger partial charge on any atom is 0.209 e. The van der Waals surface area contributed by atoms with Gasteiger partial charge in [-0.25, -0.2) is 0 Å². The van der Waals surface area contributed by atoms with Crippen LogP contribution in [0.25, 0.3) is 0 Å². The van der Waals surface area contributed by atoms with Crippen LogP contribution in [0.2, 0.25) is 0 Å². The molecule has 1 unspecified atom stereocenters. The maximum atomic E-state index is 5.68. The second-order valence-corrected chi connectivity index (χ2v) is 6.17. The van der Waals surface area contributed by atoms with Crippen LogP contribution in [0.1, 0.15) is 13.8 Å². The first-order chi connectivity index (χ1) is 9.18. The van der Waals surface area contributed by atoms with E-state index < -0.39 is 0 Å². The third-order valence-electron chi connectivity index (χ3n) is 4.53. The van der Waals surface area contributed by atoms with E-state index in [4.69, 9.17) is 4.84 Å². The summed E-state index contributed by atoms with van der Waals surface area (Å²) in [6.07, 6.45) is 0. The molecule has 0 amide bonds. The van der Waals surface area contributed by atoms with Gasteiger partial charge in [-0.05, 0) is 50.9 Å².